The molecule has 2 aromatic rings. The van der Waals surface area contributed by atoms with Crippen molar-refractivity contribution >= 4 is 11.4 Å². The second-order valence-electron chi connectivity index (χ2n) is 4.30. The van der Waals surface area contributed by atoms with Gasteiger partial charge in [-0.25, -0.2) is 5.84 Å². The predicted molar refractivity (Wildman–Crippen MR) is 72.0 cm³/mol. The zero-order valence-corrected chi connectivity index (χ0v) is 10.4. The van der Waals surface area contributed by atoms with Gasteiger partial charge >= 0.3 is 0 Å². The summed E-state index contributed by atoms with van der Waals surface area (Å²) < 4.78 is 0. The van der Waals surface area contributed by atoms with E-state index in [1.807, 2.05) is 13.0 Å². The summed E-state index contributed by atoms with van der Waals surface area (Å²) in [6, 6.07) is 10.5. The van der Waals surface area contributed by atoms with Crippen LogP contribution in [0, 0.1) is 13.8 Å². The maximum Gasteiger partial charge on any atom is 0.143 e. The number of hydrogen-bond donors (Lipinski definition) is 3. The minimum atomic E-state index is 0.0819. The molecule has 0 saturated heterocycles. The average molecular weight is 244 g/mol. The van der Waals surface area contributed by atoms with Crippen molar-refractivity contribution < 1.29 is 10.2 Å². The van der Waals surface area contributed by atoms with Crippen LogP contribution in [0.2, 0.25) is 0 Å². The van der Waals surface area contributed by atoms with Crippen molar-refractivity contribution in [1.29, 1.82) is 0 Å². The number of nitrogens with zero attached hydrogens (tertiary/aromatic N) is 1. The Kier molecular flexibility index (Phi) is 3.12. The molecule has 2 rings (SSSR count). The van der Waals surface area contributed by atoms with Crippen LogP contribution in [0.5, 0.6) is 11.5 Å². The van der Waals surface area contributed by atoms with Crippen molar-refractivity contribution in [2.75, 3.05) is 5.01 Å². The molecule has 4 N–H and O–H groups in total. The summed E-state index contributed by atoms with van der Waals surface area (Å²) in [5.74, 6) is 6.14. The number of phenolic OH excluding ortho intramolecular Hbond substituents is 2. The van der Waals surface area contributed by atoms with Gasteiger partial charge in [-0.2, -0.15) is 0 Å². The SMILES string of the molecule is Cc1ccc(N(N)c2cccc(C)c2O)c(O)c1. The number of phenols is 2. The van der Waals surface area contributed by atoms with Crippen LogP contribution in [0.15, 0.2) is 36.4 Å². The number of nitrogens with two attached hydrogens (primary N) is 1. The summed E-state index contributed by atoms with van der Waals surface area (Å²) in [5.41, 5.74) is 2.57. The van der Waals surface area contributed by atoms with Gasteiger partial charge < -0.3 is 10.2 Å². The Morgan fingerprint density at radius 3 is 2.39 bits per heavy atom. The lowest BCUT2D eigenvalue weighted by molar-refractivity contribution is 0.468. The summed E-state index contributed by atoms with van der Waals surface area (Å²) in [6.07, 6.45) is 0. The summed E-state index contributed by atoms with van der Waals surface area (Å²) in [6.45, 7) is 3.68. The van der Waals surface area contributed by atoms with Crippen LogP contribution < -0.4 is 10.9 Å². The molecule has 0 bridgehead atoms. The van der Waals surface area contributed by atoms with Crippen molar-refractivity contribution in [2.45, 2.75) is 13.8 Å². The quantitative estimate of drug-likeness (QED) is 0.561. The summed E-state index contributed by atoms with van der Waals surface area (Å²) in [4.78, 5) is 0. The average Bonchev–Trinajstić information content (AvgIpc) is 2.32. The number of aryl methyl sites for hydroxylation is 2. The first-order chi connectivity index (χ1) is 8.50. The van der Waals surface area contributed by atoms with Crippen molar-refractivity contribution in [3.63, 3.8) is 0 Å². The highest BCUT2D eigenvalue weighted by Gasteiger charge is 2.14. The van der Waals surface area contributed by atoms with E-state index < -0.39 is 0 Å². The zero-order valence-electron chi connectivity index (χ0n) is 10.4. The number of aromatic hydroxyl groups is 2. The first kappa shape index (κ1) is 12.3. The minimum absolute atomic E-state index is 0.0819. The molecule has 0 heterocycles. The van der Waals surface area contributed by atoms with Gasteiger partial charge in [0.15, 0.2) is 0 Å². The molecule has 0 radical (unpaired) electrons. The van der Waals surface area contributed by atoms with Gasteiger partial charge in [0.05, 0.1) is 11.4 Å². The Hall–Kier alpha value is -2.20. The Morgan fingerprint density at radius 1 is 1.00 bits per heavy atom. The molecule has 0 aliphatic carbocycles. The highest BCUT2D eigenvalue weighted by Crippen LogP contribution is 2.36. The Balaban J connectivity index is 2.48. The van der Waals surface area contributed by atoms with Gasteiger partial charge in [0.25, 0.3) is 0 Å². The van der Waals surface area contributed by atoms with Crippen LogP contribution in [-0.2, 0) is 0 Å². The van der Waals surface area contributed by atoms with Crippen LogP contribution in [0.4, 0.5) is 11.4 Å². The number of anilines is 2. The van der Waals surface area contributed by atoms with Crippen molar-refractivity contribution in [2.24, 2.45) is 5.84 Å². The molecular weight excluding hydrogens is 228 g/mol. The molecule has 0 amide bonds. The fourth-order valence-electron chi connectivity index (χ4n) is 1.80. The third-order valence-electron chi connectivity index (χ3n) is 2.87. The van der Waals surface area contributed by atoms with Gasteiger partial charge in [0.2, 0.25) is 0 Å². The lowest BCUT2D eigenvalue weighted by Crippen LogP contribution is -2.25. The molecule has 0 fully saturated rings. The Labute approximate surface area is 106 Å². The highest BCUT2D eigenvalue weighted by molar-refractivity contribution is 5.72. The second kappa shape index (κ2) is 4.58. The van der Waals surface area contributed by atoms with Gasteiger partial charge in [-0.3, -0.25) is 5.01 Å². The smallest absolute Gasteiger partial charge is 0.143 e. The third-order valence-corrected chi connectivity index (χ3v) is 2.87. The van der Waals surface area contributed by atoms with E-state index in [1.54, 1.807) is 37.3 Å². The fraction of sp³-hybridized carbons (Fsp3) is 0.143. The van der Waals surface area contributed by atoms with E-state index in [-0.39, 0.29) is 11.5 Å². The molecule has 2 aromatic carbocycles. The van der Waals surface area contributed by atoms with Crippen LogP contribution in [0.25, 0.3) is 0 Å². The molecule has 0 saturated carbocycles. The summed E-state index contributed by atoms with van der Waals surface area (Å²) in [5, 5.41) is 21.1. The Morgan fingerprint density at radius 2 is 1.72 bits per heavy atom. The molecule has 18 heavy (non-hydrogen) atoms. The van der Waals surface area contributed by atoms with E-state index >= 15 is 0 Å². The molecule has 0 unspecified atom stereocenters. The standard InChI is InChI=1S/C14H16N2O2/c1-9-6-7-11(13(17)8-9)16(15)12-5-3-4-10(2)14(12)18/h3-8,17-18H,15H2,1-2H3. The van der Waals surface area contributed by atoms with Gasteiger partial charge in [-0.05, 0) is 43.2 Å². The van der Waals surface area contributed by atoms with E-state index in [0.29, 0.717) is 11.4 Å². The molecule has 0 aliphatic heterocycles. The highest BCUT2D eigenvalue weighted by atomic mass is 16.3. The largest absolute Gasteiger partial charge is 0.506 e. The fourth-order valence-corrected chi connectivity index (χ4v) is 1.80. The van der Waals surface area contributed by atoms with E-state index in [4.69, 9.17) is 5.84 Å². The number of para-hydroxylation sites is 1. The molecular formula is C14H16N2O2. The van der Waals surface area contributed by atoms with Crippen LogP contribution in [0.3, 0.4) is 0 Å². The van der Waals surface area contributed by atoms with Gasteiger partial charge in [-0.15, -0.1) is 0 Å². The second-order valence-corrected chi connectivity index (χ2v) is 4.30. The Bertz CT molecular complexity index is 582. The molecule has 0 spiro atoms. The van der Waals surface area contributed by atoms with Crippen molar-refractivity contribution in [1.82, 2.24) is 0 Å². The van der Waals surface area contributed by atoms with Crippen LogP contribution in [-0.4, -0.2) is 10.2 Å². The first-order valence-corrected chi connectivity index (χ1v) is 5.63. The predicted octanol–water partition coefficient (Wildman–Crippen LogP) is 2.73. The first-order valence-electron chi connectivity index (χ1n) is 5.63. The van der Waals surface area contributed by atoms with Crippen molar-refractivity contribution in [3.05, 3.63) is 47.5 Å². The maximum atomic E-state index is 9.97. The summed E-state index contributed by atoms with van der Waals surface area (Å²) >= 11 is 0. The lowest BCUT2D eigenvalue weighted by atomic mass is 10.1. The van der Waals surface area contributed by atoms with Crippen LogP contribution >= 0.6 is 0 Å². The van der Waals surface area contributed by atoms with E-state index in [9.17, 15) is 10.2 Å². The van der Waals surface area contributed by atoms with Gasteiger partial charge in [-0.1, -0.05) is 18.2 Å². The van der Waals surface area contributed by atoms with E-state index in [2.05, 4.69) is 0 Å². The molecule has 4 nitrogen and oxygen atoms in total. The normalized spacial score (nSPS) is 10.4. The minimum Gasteiger partial charge on any atom is -0.506 e. The van der Waals surface area contributed by atoms with E-state index in [1.165, 1.54) is 5.01 Å². The summed E-state index contributed by atoms with van der Waals surface area (Å²) in [7, 11) is 0. The number of benzene rings is 2. The van der Waals surface area contributed by atoms with Crippen molar-refractivity contribution in [3.8, 4) is 11.5 Å². The van der Waals surface area contributed by atoms with E-state index in [0.717, 1.165) is 11.1 Å². The molecule has 0 aromatic heterocycles. The topological polar surface area (TPSA) is 69.7 Å². The third kappa shape index (κ3) is 2.10. The molecule has 0 aliphatic rings. The molecule has 0 atom stereocenters. The molecule has 94 valence electrons. The number of rotatable bonds is 2. The molecule has 4 heteroatoms. The number of hydrogen-bond acceptors (Lipinski definition) is 4. The van der Waals surface area contributed by atoms with Gasteiger partial charge in [0, 0.05) is 0 Å². The zero-order chi connectivity index (χ0) is 13.3. The number of hydrazine groups is 1. The van der Waals surface area contributed by atoms with Gasteiger partial charge in [0.1, 0.15) is 11.5 Å². The lowest BCUT2D eigenvalue weighted by Gasteiger charge is -2.21. The maximum absolute atomic E-state index is 9.97. The van der Waals surface area contributed by atoms with Crippen LogP contribution in [0.1, 0.15) is 11.1 Å². The monoisotopic (exact) mass is 244 g/mol.